The molecule has 3 heteroatoms. The molecule has 2 aromatic heterocycles. The van der Waals surface area contributed by atoms with Crippen molar-refractivity contribution in [2.24, 2.45) is 0 Å². The van der Waals surface area contributed by atoms with Gasteiger partial charge in [0, 0.05) is 18.6 Å². The first-order chi connectivity index (χ1) is 5.77. The Morgan fingerprint density at radius 2 is 2.33 bits per heavy atom. The van der Waals surface area contributed by atoms with Gasteiger partial charge >= 0.3 is 0 Å². The molecule has 2 rings (SSSR count). The van der Waals surface area contributed by atoms with Gasteiger partial charge in [-0.3, -0.25) is 0 Å². The van der Waals surface area contributed by atoms with Crippen molar-refractivity contribution in [2.45, 2.75) is 13.0 Å². The van der Waals surface area contributed by atoms with E-state index in [9.17, 15) is 5.11 Å². The zero-order valence-corrected chi connectivity index (χ0v) is 6.81. The Labute approximate surface area is 70.3 Å². The summed E-state index contributed by atoms with van der Waals surface area (Å²) in [6.45, 7) is 1.75. The number of pyridine rings is 1. The average Bonchev–Trinajstić information content (AvgIpc) is 2.49. The molecule has 0 aliphatic heterocycles. The van der Waals surface area contributed by atoms with E-state index in [1.54, 1.807) is 13.1 Å². The predicted octanol–water partition coefficient (Wildman–Crippen LogP) is 1.39. The number of imidazole rings is 1. The summed E-state index contributed by atoms with van der Waals surface area (Å²) in [5.41, 5.74) is 1.81. The Morgan fingerprint density at radius 1 is 1.50 bits per heavy atom. The van der Waals surface area contributed by atoms with Gasteiger partial charge in [0.1, 0.15) is 5.65 Å². The molecule has 0 spiro atoms. The van der Waals surface area contributed by atoms with Gasteiger partial charge in [0.25, 0.3) is 0 Å². The topological polar surface area (TPSA) is 37.5 Å². The van der Waals surface area contributed by atoms with Crippen LogP contribution < -0.4 is 0 Å². The Bertz CT molecular complexity index is 392. The van der Waals surface area contributed by atoms with Crippen molar-refractivity contribution < 1.29 is 5.11 Å². The Morgan fingerprint density at radius 3 is 3.08 bits per heavy atom. The van der Waals surface area contributed by atoms with E-state index in [2.05, 4.69) is 4.98 Å². The van der Waals surface area contributed by atoms with E-state index in [0.717, 1.165) is 11.2 Å². The van der Waals surface area contributed by atoms with Crippen molar-refractivity contribution >= 4 is 5.65 Å². The zero-order valence-electron chi connectivity index (χ0n) is 6.81. The van der Waals surface area contributed by atoms with Crippen LogP contribution in [-0.2, 0) is 0 Å². The van der Waals surface area contributed by atoms with Crippen molar-refractivity contribution in [3.05, 3.63) is 36.3 Å². The lowest BCUT2D eigenvalue weighted by Crippen LogP contribution is -1.93. The molecule has 2 aromatic rings. The predicted molar refractivity (Wildman–Crippen MR) is 45.8 cm³/mol. The summed E-state index contributed by atoms with van der Waals surface area (Å²) in [6.07, 6.45) is 5.06. The molecular weight excluding hydrogens is 152 g/mol. The first-order valence-corrected chi connectivity index (χ1v) is 3.88. The molecule has 0 amide bonds. The normalized spacial score (nSPS) is 13.5. The van der Waals surface area contributed by atoms with Gasteiger partial charge in [-0.1, -0.05) is 6.07 Å². The number of hydrogen-bond acceptors (Lipinski definition) is 2. The third kappa shape index (κ3) is 1.08. The summed E-state index contributed by atoms with van der Waals surface area (Å²) in [5, 5.41) is 9.29. The zero-order chi connectivity index (χ0) is 8.55. The van der Waals surface area contributed by atoms with Gasteiger partial charge in [0.15, 0.2) is 0 Å². The fraction of sp³-hybridized carbons (Fsp3) is 0.222. The molecule has 3 nitrogen and oxygen atoms in total. The molecule has 0 aliphatic rings. The number of hydrogen-bond donors (Lipinski definition) is 1. The smallest absolute Gasteiger partial charge is 0.136 e. The van der Waals surface area contributed by atoms with Crippen molar-refractivity contribution in [1.29, 1.82) is 0 Å². The highest BCUT2D eigenvalue weighted by Gasteiger charge is 2.00. The highest BCUT2D eigenvalue weighted by atomic mass is 16.3. The third-order valence-electron chi connectivity index (χ3n) is 1.89. The number of nitrogens with zero attached hydrogens (tertiary/aromatic N) is 2. The summed E-state index contributed by atoms with van der Waals surface area (Å²) in [4.78, 5) is 4.10. The molecule has 0 radical (unpaired) electrons. The van der Waals surface area contributed by atoms with Crippen molar-refractivity contribution in [1.82, 2.24) is 9.38 Å². The summed E-state index contributed by atoms with van der Waals surface area (Å²) >= 11 is 0. The number of aromatic nitrogens is 2. The molecule has 1 atom stereocenters. The number of fused-ring (bicyclic) bond motifs is 1. The standard InChI is InChI=1S/C9H10N2O/c1-7(12)8-2-3-9-10-4-5-11(9)6-8/h2-7,12H,1H3. The minimum Gasteiger partial charge on any atom is -0.389 e. The molecule has 0 saturated heterocycles. The molecule has 0 bridgehead atoms. The van der Waals surface area contributed by atoms with E-state index in [1.165, 1.54) is 0 Å². The average molecular weight is 162 g/mol. The molecule has 62 valence electrons. The van der Waals surface area contributed by atoms with Crippen molar-refractivity contribution in [3.63, 3.8) is 0 Å². The summed E-state index contributed by atoms with van der Waals surface area (Å²) in [5.74, 6) is 0. The quantitative estimate of drug-likeness (QED) is 0.688. The van der Waals surface area contributed by atoms with Gasteiger partial charge in [-0.05, 0) is 18.6 Å². The minimum absolute atomic E-state index is 0.420. The molecule has 0 aromatic carbocycles. The van der Waals surface area contributed by atoms with Crippen molar-refractivity contribution in [2.75, 3.05) is 0 Å². The summed E-state index contributed by atoms with van der Waals surface area (Å²) < 4.78 is 1.89. The van der Waals surface area contributed by atoms with E-state index in [0.29, 0.717) is 0 Å². The first-order valence-electron chi connectivity index (χ1n) is 3.88. The van der Waals surface area contributed by atoms with Gasteiger partial charge in [-0.15, -0.1) is 0 Å². The Kier molecular flexibility index (Phi) is 1.59. The minimum atomic E-state index is -0.420. The van der Waals surface area contributed by atoms with Crippen LogP contribution in [0, 0.1) is 0 Å². The maximum Gasteiger partial charge on any atom is 0.136 e. The fourth-order valence-corrected chi connectivity index (χ4v) is 1.18. The molecule has 1 N–H and O–H groups in total. The van der Waals surface area contributed by atoms with E-state index in [-0.39, 0.29) is 0 Å². The fourth-order valence-electron chi connectivity index (χ4n) is 1.18. The van der Waals surface area contributed by atoms with Gasteiger partial charge in [0.2, 0.25) is 0 Å². The van der Waals surface area contributed by atoms with Crippen molar-refractivity contribution in [3.8, 4) is 0 Å². The molecule has 0 fully saturated rings. The van der Waals surface area contributed by atoms with Crippen LogP contribution in [0.4, 0.5) is 0 Å². The van der Waals surface area contributed by atoms with Crippen LogP contribution in [-0.4, -0.2) is 14.5 Å². The molecule has 0 aliphatic carbocycles. The van der Waals surface area contributed by atoms with E-state index in [1.807, 2.05) is 28.9 Å². The van der Waals surface area contributed by atoms with Gasteiger partial charge in [-0.2, -0.15) is 0 Å². The maximum absolute atomic E-state index is 9.29. The highest BCUT2D eigenvalue weighted by Crippen LogP contribution is 2.12. The van der Waals surface area contributed by atoms with Crippen LogP contribution in [0.1, 0.15) is 18.6 Å². The van der Waals surface area contributed by atoms with E-state index in [4.69, 9.17) is 0 Å². The van der Waals surface area contributed by atoms with Gasteiger partial charge < -0.3 is 9.51 Å². The highest BCUT2D eigenvalue weighted by molar-refractivity contribution is 5.39. The van der Waals surface area contributed by atoms with Crippen LogP contribution in [0.3, 0.4) is 0 Å². The lowest BCUT2D eigenvalue weighted by atomic mass is 10.2. The molecule has 2 heterocycles. The van der Waals surface area contributed by atoms with Crippen LogP contribution in [0.15, 0.2) is 30.7 Å². The number of rotatable bonds is 1. The summed E-state index contributed by atoms with van der Waals surface area (Å²) in [7, 11) is 0. The second kappa shape index (κ2) is 2.60. The number of aliphatic hydroxyl groups excluding tert-OH is 1. The molecular formula is C9H10N2O. The van der Waals surface area contributed by atoms with E-state index >= 15 is 0 Å². The lowest BCUT2D eigenvalue weighted by molar-refractivity contribution is 0.199. The first kappa shape index (κ1) is 7.31. The maximum atomic E-state index is 9.29. The third-order valence-corrected chi connectivity index (χ3v) is 1.89. The van der Waals surface area contributed by atoms with Gasteiger partial charge in [-0.25, -0.2) is 4.98 Å². The Hall–Kier alpha value is -1.35. The molecule has 0 saturated carbocycles. The Balaban J connectivity index is 2.60. The van der Waals surface area contributed by atoms with Crippen LogP contribution in [0.5, 0.6) is 0 Å². The summed E-state index contributed by atoms with van der Waals surface area (Å²) in [6, 6.07) is 3.77. The van der Waals surface area contributed by atoms with Gasteiger partial charge in [0.05, 0.1) is 6.10 Å². The largest absolute Gasteiger partial charge is 0.389 e. The SMILES string of the molecule is CC(O)c1ccc2nccn2c1. The second-order valence-corrected chi connectivity index (χ2v) is 2.83. The molecule has 12 heavy (non-hydrogen) atoms. The van der Waals surface area contributed by atoms with Crippen LogP contribution in [0.2, 0.25) is 0 Å². The number of aliphatic hydroxyl groups is 1. The lowest BCUT2D eigenvalue weighted by Gasteiger charge is -2.03. The van der Waals surface area contributed by atoms with E-state index < -0.39 is 6.10 Å². The second-order valence-electron chi connectivity index (χ2n) is 2.83. The van der Waals surface area contributed by atoms with Crippen LogP contribution in [0.25, 0.3) is 5.65 Å². The van der Waals surface area contributed by atoms with Crippen LogP contribution >= 0.6 is 0 Å². The monoisotopic (exact) mass is 162 g/mol. The molecule has 1 unspecified atom stereocenters.